The van der Waals surface area contributed by atoms with Crippen LogP contribution in [0.4, 0.5) is 5.82 Å². The number of rotatable bonds is 3. The average molecular weight is 333 g/mol. The molecule has 2 aliphatic rings. The highest BCUT2D eigenvalue weighted by molar-refractivity contribution is 6.33. The van der Waals surface area contributed by atoms with Gasteiger partial charge < -0.3 is 15.2 Å². The fraction of sp³-hybridized carbons (Fsp3) is 0.500. The Morgan fingerprint density at radius 1 is 1.35 bits per heavy atom. The van der Waals surface area contributed by atoms with E-state index < -0.39 is 0 Å². The molecule has 2 heterocycles. The highest BCUT2D eigenvalue weighted by Gasteiger charge is 2.44. The number of pyridine rings is 1. The van der Waals surface area contributed by atoms with E-state index in [1.807, 2.05) is 12.1 Å². The van der Waals surface area contributed by atoms with E-state index in [0.717, 1.165) is 23.7 Å². The van der Waals surface area contributed by atoms with Crippen LogP contribution in [0.15, 0.2) is 24.3 Å². The highest BCUT2D eigenvalue weighted by atomic mass is 35.5. The second-order valence-electron chi connectivity index (χ2n) is 6.69. The monoisotopic (exact) mass is 332 g/mol. The second kappa shape index (κ2) is 5.93. The van der Waals surface area contributed by atoms with E-state index in [2.05, 4.69) is 17.1 Å². The molecular formula is C18H21ClN2O2. The van der Waals surface area contributed by atoms with Crippen LogP contribution in [0.1, 0.15) is 24.8 Å². The van der Waals surface area contributed by atoms with Crippen molar-refractivity contribution < 1.29 is 9.47 Å². The first-order valence-corrected chi connectivity index (χ1v) is 8.55. The molecule has 5 heteroatoms. The lowest BCUT2D eigenvalue weighted by atomic mass is 9.93. The predicted molar refractivity (Wildman–Crippen MR) is 91.4 cm³/mol. The molecule has 4 nitrogen and oxygen atoms in total. The molecule has 2 fully saturated rings. The Balaban J connectivity index is 1.55. The minimum atomic E-state index is -0.0182. The van der Waals surface area contributed by atoms with Gasteiger partial charge in [-0.05, 0) is 54.9 Å². The minimum absolute atomic E-state index is 0.0182. The summed E-state index contributed by atoms with van der Waals surface area (Å²) in [5, 5.41) is 1.55. The predicted octanol–water partition coefficient (Wildman–Crippen LogP) is 3.80. The van der Waals surface area contributed by atoms with Crippen molar-refractivity contribution >= 4 is 28.3 Å². The highest BCUT2D eigenvalue weighted by Crippen LogP contribution is 2.44. The van der Waals surface area contributed by atoms with Crippen LogP contribution in [0.3, 0.4) is 0 Å². The SMILES string of the molecule is COC1CC2CCC(Cc3ccc4nc(N)c(Cl)cc4c3)C2O1. The van der Waals surface area contributed by atoms with Crippen LogP contribution >= 0.6 is 11.6 Å². The van der Waals surface area contributed by atoms with E-state index in [9.17, 15) is 0 Å². The first-order chi connectivity index (χ1) is 11.1. The van der Waals surface area contributed by atoms with E-state index >= 15 is 0 Å². The van der Waals surface area contributed by atoms with Gasteiger partial charge in [-0.3, -0.25) is 0 Å². The maximum Gasteiger partial charge on any atom is 0.157 e. The van der Waals surface area contributed by atoms with Crippen molar-refractivity contribution in [3.8, 4) is 0 Å². The third-order valence-electron chi connectivity index (χ3n) is 5.26. The van der Waals surface area contributed by atoms with Crippen molar-refractivity contribution in [3.05, 3.63) is 34.9 Å². The summed E-state index contributed by atoms with van der Waals surface area (Å²) in [6.07, 6.45) is 4.85. The third kappa shape index (κ3) is 2.80. The van der Waals surface area contributed by atoms with Crippen molar-refractivity contribution in [2.24, 2.45) is 11.8 Å². The molecule has 1 aliphatic carbocycles. The van der Waals surface area contributed by atoms with Gasteiger partial charge in [-0.2, -0.15) is 0 Å². The van der Waals surface area contributed by atoms with E-state index in [1.165, 1.54) is 18.4 Å². The standard InChI is InChI=1S/C18H21ClN2O2/c1-22-16-9-12-4-3-11(17(12)23-16)6-10-2-5-15-13(7-10)8-14(19)18(20)21-15/h2,5,7-8,11-12,16-17H,3-4,6,9H2,1H3,(H2,20,21). The molecule has 2 N–H and O–H groups in total. The summed E-state index contributed by atoms with van der Waals surface area (Å²) >= 11 is 6.09. The number of nitrogens with zero attached hydrogens (tertiary/aromatic N) is 1. The first-order valence-electron chi connectivity index (χ1n) is 8.17. The normalized spacial score (nSPS) is 30.0. The van der Waals surface area contributed by atoms with Gasteiger partial charge in [0.15, 0.2) is 6.29 Å². The summed E-state index contributed by atoms with van der Waals surface area (Å²) in [7, 11) is 1.73. The van der Waals surface area contributed by atoms with Crippen LogP contribution in [0, 0.1) is 11.8 Å². The molecule has 4 rings (SSSR count). The van der Waals surface area contributed by atoms with Crippen LogP contribution in [0.2, 0.25) is 5.02 Å². The smallest absolute Gasteiger partial charge is 0.157 e. The van der Waals surface area contributed by atoms with E-state index in [0.29, 0.717) is 28.8 Å². The van der Waals surface area contributed by atoms with Crippen molar-refractivity contribution in [2.45, 2.75) is 38.1 Å². The summed E-state index contributed by atoms with van der Waals surface area (Å²) in [4.78, 5) is 4.33. The van der Waals surface area contributed by atoms with E-state index in [1.54, 1.807) is 7.11 Å². The zero-order valence-electron chi connectivity index (χ0n) is 13.2. The number of nitrogen functional groups attached to an aromatic ring is 1. The Bertz CT molecular complexity index is 736. The van der Waals surface area contributed by atoms with Crippen LogP contribution in [-0.4, -0.2) is 24.5 Å². The van der Waals surface area contributed by atoms with Gasteiger partial charge >= 0.3 is 0 Å². The Morgan fingerprint density at radius 3 is 3.04 bits per heavy atom. The van der Waals surface area contributed by atoms with Crippen LogP contribution in [0.5, 0.6) is 0 Å². The first kappa shape index (κ1) is 15.2. The summed E-state index contributed by atoms with van der Waals surface area (Å²) in [5.74, 6) is 1.60. The van der Waals surface area contributed by atoms with Gasteiger partial charge in [0.05, 0.1) is 16.6 Å². The Labute approximate surface area is 140 Å². The number of ether oxygens (including phenoxy) is 2. The summed E-state index contributed by atoms with van der Waals surface area (Å²) in [6.45, 7) is 0. The Hall–Kier alpha value is -1.36. The van der Waals surface area contributed by atoms with Gasteiger partial charge in [0.2, 0.25) is 0 Å². The molecule has 1 aliphatic heterocycles. The summed E-state index contributed by atoms with van der Waals surface area (Å²) < 4.78 is 11.4. The fourth-order valence-electron chi connectivity index (χ4n) is 4.11. The average Bonchev–Trinajstić information content (AvgIpc) is 3.10. The number of fused-ring (bicyclic) bond motifs is 2. The Kier molecular flexibility index (Phi) is 3.92. The Morgan fingerprint density at radius 2 is 2.22 bits per heavy atom. The third-order valence-corrected chi connectivity index (χ3v) is 5.56. The molecule has 0 radical (unpaired) electrons. The molecule has 1 saturated heterocycles. The molecule has 2 aromatic rings. The van der Waals surface area contributed by atoms with Crippen molar-refractivity contribution in [1.29, 1.82) is 0 Å². The quantitative estimate of drug-likeness (QED) is 0.928. The van der Waals surface area contributed by atoms with Gasteiger partial charge in [0, 0.05) is 18.9 Å². The van der Waals surface area contributed by atoms with Gasteiger partial charge in [0.25, 0.3) is 0 Å². The molecule has 1 aromatic heterocycles. The molecule has 4 unspecified atom stereocenters. The zero-order chi connectivity index (χ0) is 16.0. The van der Waals surface area contributed by atoms with Crippen LogP contribution < -0.4 is 5.73 Å². The molecule has 0 amide bonds. The summed E-state index contributed by atoms with van der Waals surface area (Å²) in [6, 6.07) is 8.23. The largest absolute Gasteiger partial charge is 0.382 e. The van der Waals surface area contributed by atoms with Crippen molar-refractivity contribution in [3.63, 3.8) is 0 Å². The molecule has 122 valence electrons. The molecule has 4 atom stereocenters. The molecule has 0 spiro atoms. The molecular weight excluding hydrogens is 312 g/mol. The van der Waals surface area contributed by atoms with Gasteiger partial charge in [-0.25, -0.2) is 4.98 Å². The van der Waals surface area contributed by atoms with Gasteiger partial charge in [-0.15, -0.1) is 0 Å². The second-order valence-corrected chi connectivity index (χ2v) is 7.09. The maximum absolute atomic E-state index is 6.09. The van der Waals surface area contributed by atoms with Crippen LogP contribution in [0.25, 0.3) is 10.9 Å². The number of aromatic nitrogens is 1. The summed E-state index contributed by atoms with van der Waals surface area (Å²) in [5.41, 5.74) is 7.96. The number of nitrogens with two attached hydrogens (primary N) is 1. The van der Waals surface area contributed by atoms with Crippen LogP contribution in [-0.2, 0) is 15.9 Å². The maximum atomic E-state index is 6.09. The molecule has 1 saturated carbocycles. The van der Waals surface area contributed by atoms with E-state index in [4.69, 9.17) is 26.8 Å². The van der Waals surface area contributed by atoms with E-state index in [-0.39, 0.29) is 6.29 Å². The number of hydrogen-bond acceptors (Lipinski definition) is 4. The number of benzene rings is 1. The number of halogens is 1. The van der Waals surface area contributed by atoms with Crippen molar-refractivity contribution in [1.82, 2.24) is 4.98 Å². The lowest BCUT2D eigenvalue weighted by Crippen LogP contribution is -2.22. The van der Waals surface area contributed by atoms with Crippen molar-refractivity contribution in [2.75, 3.05) is 12.8 Å². The number of anilines is 1. The van der Waals surface area contributed by atoms with Gasteiger partial charge in [-0.1, -0.05) is 17.7 Å². The molecule has 0 bridgehead atoms. The number of hydrogen-bond donors (Lipinski definition) is 1. The lowest BCUT2D eigenvalue weighted by Gasteiger charge is -2.19. The zero-order valence-corrected chi connectivity index (χ0v) is 13.9. The fourth-order valence-corrected chi connectivity index (χ4v) is 4.27. The number of methoxy groups -OCH3 is 1. The lowest BCUT2D eigenvalue weighted by molar-refractivity contribution is -0.125. The molecule has 1 aromatic carbocycles. The molecule has 23 heavy (non-hydrogen) atoms. The van der Waals surface area contributed by atoms with Gasteiger partial charge in [0.1, 0.15) is 5.82 Å². The minimum Gasteiger partial charge on any atom is -0.382 e. The topological polar surface area (TPSA) is 57.4 Å².